The number of nitrogens with zero attached hydrogens (tertiary/aromatic N) is 1. The third-order valence-electron chi connectivity index (χ3n) is 4.67. The molecule has 4 nitrogen and oxygen atoms in total. The number of ether oxygens (including phenoxy) is 1. The summed E-state index contributed by atoms with van der Waals surface area (Å²) in [6.07, 6.45) is 4.08. The Morgan fingerprint density at radius 2 is 2.25 bits per heavy atom. The van der Waals surface area contributed by atoms with Crippen LogP contribution in [0.15, 0.2) is 11.6 Å². The first-order chi connectivity index (χ1) is 9.29. The quantitative estimate of drug-likeness (QED) is 0.871. The van der Waals surface area contributed by atoms with Gasteiger partial charge in [0.25, 0.3) is 0 Å². The lowest BCUT2D eigenvalue weighted by atomic mass is 9.61. The summed E-state index contributed by atoms with van der Waals surface area (Å²) in [5.41, 5.74) is -1.09. The highest BCUT2D eigenvalue weighted by Gasteiger charge is 2.47. The molecule has 1 aromatic rings. The van der Waals surface area contributed by atoms with Crippen molar-refractivity contribution in [3.63, 3.8) is 0 Å². The molecule has 0 radical (unpaired) electrons. The number of carbonyl (C=O) groups is 1. The number of aromatic nitrogens is 1. The van der Waals surface area contributed by atoms with Gasteiger partial charge in [0.1, 0.15) is 10.6 Å². The number of esters is 1. The Labute approximate surface area is 124 Å². The van der Waals surface area contributed by atoms with Crippen molar-refractivity contribution >= 4 is 17.3 Å². The van der Waals surface area contributed by atoms with Crippen molar-refractivity contribution in [2.75, 3.05) is 7.11 Å². The highest BCUT2D eigenvalue weighted by atomic mass is 32.1. The standard InChI is InChI=1S/C15H23NO3S/c1-14(2)9-10(5-6-11(14)12(17)19-4)15(3,18)13-16-7-8-20-13/h7-8,10-11,18H,5-6,9H2,1-4H3/t10?,11?,15-/m1/s1. The number of aliphatic hydroxyl groups is 1. The van der Waals surface area contributed by atoms with E-state index in [1.165, 1.54) is 18.4 Å². The Balaban J connectivity index is 2.17. The van der Waals surface area contributed by atoms with Gasteiger partial charge in [-0.2, -0.15) is 0 Å². The van der Waals surface area contributed by atoms with E-state index in [-0.39, 0.29) is 23.2 Å². The molecule has 1 N–H and O–H groups in total. The van der Waals surface area contributed by atoms with Crippen LogP contribution in [0.2, 0.25) is 0 Å². The van der Waals surface area contributed by atoms with Crippen molar-refractivity contribution in [3.8, 4) is 0 Å². The van der Waals surface area contributed by atoms with E-state index in [2.05, 4.69) is 18.8 Å². The van der Waals surface area contributed by atoms with Gasteiger partial charge >= 0.3 is 5.97 Å². The van der Waals surface area contributed by atoms with Gasteiger partial charge in [0, 0.05) is 11.6 Å². The average molecular weight is 297 g/mol. The van der Waals surface area contributed by atoms with Crippen molar-refractivity contribution < 1.29 is 14.6 Å². The van der Waals surface area contributed by atoms with Gasteiger partial charge in [-0.25, -0.2) is 4.98 Å². The molecule has 1 heterocycles. The van der Waals surface area contributed by atoms with Crippen molar-refractivity contribution in [1.29, 1.82) is 0 Å². The largest absolute Gasteiger partial charge is 0.469 e. The van der Waals surface area contributed by atoms with Gasteiger partial charge in [-0.05, 0) is 37.5 Å². The molecule has 1 fully saturated rings. The topological polar surface area (TPSA) is 59.4 Å². The summed E-state index contributed by atoms with van der Waals surface area (Å²) in [4.78, 5) is 16.1. The van der Waals surface area contributed by atoms with E-state index >= 15 is 0 Å². The molecule has 5 heteroatoms. The van der Waals surface area contributed by atoms with Gasteiger partial charge in [-0.3, -0.25) is 4.79 Å². The fourth-order valence-corrected chi connectivity index (χ4v) is 4.12. The second-order valence-corrected chi connectivity index (χ2v) is 7.42. The van der Waals surface area contributed by atoms with Gasteiger partial charge in [0.2, 0.25) is 0 Å². The molecule has 20 heavy (non-hydrogen) atoms. The lowest BCUT2D eigenvalue weighted by molar-refractivity contribution is -0.155. The van der Waals surface area contributed by atoms with Crippen molar-refractivity contribution in [2.24, 2.45) is 17.3 Å². The maximum atomic E-state index is 11.9. The molecule has 2 unspecified atom stereocenters. The summed E-state index contributed by atoms with van der Waals surface area (Å²) in [5, 5.41) is 13.5. The van der Waals surface area contributed by atoms with Gasteiger partial charge in [0.05, 0.1) is 13.0 Å². The molecule has 0 bridgehead atoms. The Hall–Kier alpha value is -0.940. The van der Waals surface area contributed by atoms with E-state index in [4.69, 9.17) is 4.74 Å². The number of methoxy groups -OCH3 is 1. The van der Waals surface area contributed by atoms with E-state index in [0.29, 0.717) is 0 Å². The Kier molecular flexibility index (Phi) is 4.21. The molecular weight excluding hydrogens is 274 g/mol. The number of thiazole rings is 1. The Morgan fingerprint density at radius 3 is 2.75 bits per heavy atom. The molecule has 0 amide bonds. The molecule has 1 aromatic heterocycles. The molecule has 1 saturated carbocycles. The van der Waals surface area contributed by atoms with Crippen LogP contribution >= 0.6 is 11.3 Å². The third-order valence-corrected chi connectivity index (χ3v) is 5.67. The normalized spacial score (nSPS) is 28.6. The minimum atomic E-state index is -0.924. The van der Waals surface area contributed by atoms with Gasteiger partial charge in [-0.1, -0.05) is 13.8 Å². The highest BCUT2D eigenvalue weighted by molar-refractivity contribution is 7.09. The van der Waals surface area contributed by atoms with Crippen LogP contribution in [0.25, 0.3) is 0 Å². The van der Waals surface area contributed by atoms with Gasteiger partial charge in [0.15, 0.2) is 0 Å². The second-order valence-electron chi connectivity index (χ2n) is 6.53. The molecule has 0 spiro atoms. The van der Waals surface area contributed by atoms with E-state index < -0.39 is 5.60 Å². The first-order valence-corrected chi connectivity index (χ1v) is 7.87. The molecule has 3 atom stereocenters. The Morgan fingerprint density at radius 1 is 1.55 bits per heavy atom. The molecular formula is C15H23NO3S. The van der Waals surface area contributed by atoms with Crippen LogP contribution in [0.5, 0.6) is 0 Å². The fourth-order valence-electron chi connectivity index (χ4n) is 3.34. The van der Waals surface area contributed by atoms with Crippen LogP contribution in [0.3, 0.4) is 0 Å². The summed E-state index contributed by atoms with van der Waals surface area (Å²) in [6, 6.07) is 0. The maximum Gasteiger partial charge on any atom is 0.309 e. The zero-order valence-corrected chi connectivity index (χ0v) is 13.4. The molecule has 1 aliphatic carbocycles. The SMILES string of the molecule is COC(=O)C1CCC([C@@](C)(O)c2nccs2)CC1(C)C. The fraction of sp³-hybridized carbons (Fsp3) is 0.733. The zero-order valence-electron chi connectivity index (χ0n) is 12.5. The van der Waals surface area contributed by atoms with Gasteiger partial charge in [-0.15, -0.1) is 11.3 Å². The molecule has 2 rings (SSSR count). The minimum Gasteiger partial charge on any atom is -0.469 e. The number of hydrogen-bond donors (Lipinski definition) is 1. The predicted octanol–water partition coefficient (Wildman–Crippen LogP) is 2.97. The monoisotopic (exact) mass is 297 g/mol. The summed E-state index contributed by atoms with van der Waals surface area (Å²) in [6.45, 7) is 6.00. The smallest absolute Gasteiger partial charge is 0.309 e. The summed E-state index contributed by atoms with van der Waals surface area (Å²) >= 11 is 1.48. The van der Waals surface area contributed by atoms with Crippen molar-refractivity contribution in [3.05, 3.63) is 16.6 Å². The molecule has 1 aliphatic rings. The van der Waals surface area contributed by atoms with Crippen LogP contribution < -0.4 is 0 Å². The first-order valence-electron chi connectivity index (χ1n) is 6.99. The summed E-state index contributed by atoms with van der Waals surface area (Å²) in [7, 11) is 1.44. The van der Waals surface area contributed by atoms with Crippen molar-refractivity contribution in [2.45, 2.75) is 45.6 Å². The third kappa shape index (κ3) is 2.74. The molecule has 0 saturated heterocycles. The zero-order chi connectivity index (χ0) is 15.0. The average Bonchev–Trinajstić information content (AvgIpc) is 2.91. The molecule has 0 aromatic carbocycles. The number of rotatable bonds is 3. The van der Waals surface area contributed by atoms with E-state index in [9.17, 15) is 9.90 Å². The van der Waals surface area contributed by atoms with Crippen LogP contribution in [-0.4, -0.2) is 23.2 Å². The minimum absolute atomic E-state index is 0.0872. The molecule has 112 valence electrons. The maximum absolute atomic E-state index is 11.9. The van der Waals surface area contributed by atoms with Gasteiger partial charge < -0.3 is 9.84 Å². The summed E-state index contributed by atoms with van der Waals surface area (Å²) in [5.74, 6) is -0.109. The second kappa shape index (κ2) is 5.45. The molecule has 0 aliphatic heterocycles. The predicted molar refractivity (Wildman–Crippen MR) is 78.3 cm³/mol. The van der Waals surface area contributed by atoms with Crippen molar-refractivity contribution in [1.82, 2.24) is 4.98 Å². The van der Waals surface area contributed by atoms with E-state index in [0.717, 1.165) is 24.3 Å². The number of hydrogen-bond acceptors (Lipinski definition) is 5. The summed E-state index contributed by atoms with van der Waals surface area (Å²) < 4.78 is 4.91. The first kappa shape index (κ1) is 15.4. The lowest BCUT2D eigenvalue weighted by Gasteiger charge is -2.45. The van der Waals surface area contributed by atoms with E-state index in [1.54, 1.807) is 6.20 Å². The van der Waals surface area contributed by atoms with Crippen LogP contribution in [-0.2, 0) is 15.1 Å². The van der Waals surface area contributed by atoms with E-state index in [1.807, 2.05) is 12.3 Å². The highest BCUT2D eigenvalue weighted by Crippen LogP contribution is 2.49. The van der Waals surface area contributed by atoms with Crippen LogP contribution in [0, 0.1) is 17.3 Å². The van der Waals surface area contributed by atoms with Crippen LogP contribution in [0.4, 0.5) is 0 Å². The number of carbonyl (C=O) groups excluding carboxylic acids is 1. The lowest BCUT2D eigenvalue weighted by Crippen LogP contribution is -2.44. The Bertz CT molecular complexity index is 467. The van der Waals surface area contributed by atoms with Crippen LogP contribution in [0.1, 0.15) is 45.0 Å².